The van der Waals surface area contributed by atoms with E-state index >= 15 is 0 Å². The summed E-state index contributed by atoms with van der Waals surface area (Å²) in [5, 5.41) is 0.815. The lowest BCUT2D eigenvalue weighted by Gasteiger charge is -2.05. The van der Waals surface area contributed by atoms with E-state index < -0.39 is 0 Å². The maximum Gasteiger partial charge on any atom is 0.349 e. The second-order valence-corrected chi connectivity index (χ2v) is 6.40. The van der Waals surface area contributed by atoms with Crippen LogP contribution in [0.2, 0.25) is 0 Å². The molecule has 0 saturated heterocycles. The van der Waals surface area contributed by atoms with Crippen LogP contribution >= 0.6 is 11.3 Å². The third-order valence-electron chi connectivity index (χ3n) is 3.58. The molecule has 0 unspecified atom stereocenters. The molecule has 0 fully saturated rings. The number of thiazole rings is 1. The van der Waals surface area contributed by atoms with Gasteiger partial charge in [-0.25, -0.2) is 9.78 Å². The summed E-state index contributed by atoms with van der Waals surface area (Å²) < 4.78 is 10.5. The highest BCUT2D eigenvalue weighted by Gasteiger charge is 2.12. The van der Waals surface area contributed by atoms with Crippen LogP contribution in [0.4, 0.5) is 0 Å². The molecule has 2 heterocycles. The molecule has 0 aliphatic rings. The Morgan fingerprint density at radius 3 is 2.80 bits per heavy atom. The van der Waals surface area contributed by atoms with Crippen molar-refractivity contribution in [2.24, 2.45) is 0 Å². The molecule has 25 heavy (non-hydrogen) atoms. The number of ether oxygens (including phenoxy) is 2. The van der Waals surface area contributed by atoms with Gasteiger partial charge in [0.1, 0.15) is 15.6 Å². The number of hydrogen-bond donors (Lipinski definition) is 0. The van der Waals surface area contributed by atoms with Gasteiger partial charge in [-0.1, -0.05) is 30.3 Å². The predicted octanol–water partition coefficient (Wildman–Crippen LogP) is 4.00. The molecule has 0 aliphatic heterocycles. The van der Waals surface area contributed by atoms with Gasteiger partial charge >= 0.3 is 5.97 Å². The van der Waals surface area contributed by atoms with Gasteiger partial charge in [-0.15, -0.1) is 11.3 Å². The fourth-order valence-corrected chi connectivity index (χ4v) is 3.12. The van der Waals surface area contributed by atoms with Crippen molar-refractivity contribution in [1.29, 1.82) is 0 Å². The Bertz CT molecular complexity index is 833. The third kappa shape index (κ3) is 4.64. The van der Waals surface area contributed by atoms with Crippen LogP contribution in [0.25, 0.3) is 10.6 Å². The minimum absolute atomic E-state index is 0.330. The highest BCUT2D eigenvalue weighted by atomic mass is 32.1. The molecule has 128 valence electrons. The molecule has 0 amide bonds. The highest BCUT2D eigenvalue weighted by Crippen LogP contribution is 2.25. The number of carbonyl (C=O) groups is 1. The molecule has 0 bridgehead atoms. The Morgan fingerprint density at radius 1 is 1.16 bits per heavy atom. The van der Waals surface area contributed by atoms with E-state index in [0.717, 1.165) is 34.7 Å². The van der Waals surface area contributed by atoms with Crippen LogP contribution in [0.1, 0.15) is 21.7 Å². The summed E-state index contributed by atoms with van der Waals surface area (Å²) in [6.45, 7) is 0.356. The van der Waals surface area contributed by atoms with Crippen molar-refractivity contribution in [1.82, 2.24) is 9.97 Å². The number of methoxy groups -OCH3 is 1. The van der Waals surface area contributed by atoms with Crippen LogP contribution in [0.5, 0.6) is 5.75 Å². The van der Waals surface area contributed by atoms with E-state index in [1.165, 1.54) is 11.3 Å². The number of aromatic nitrogens is 2. The van der Waals surface area contributed by atoms with Gasteiger partial charge < -0.3 is 9.47 Å². The standard InChI is InChI=1S/C19H18N2O3S/c1-23-16-10-14(11-20-12-16)6-5-9-24-19(22)17-13-21-18(25-17)15-7-3-2-4-8-15/h2-4,7-8,10-13H,5-6,9H2,1H3. The minimum atomic E-state index is -0.330. The summed E-state index contributed by atoms with van der Waals surface area (Å²) >= 11 is 1.34. The first-order valence-electron chi connectivity index (χ1n) is 7.92. The molecule has 2 aromatic heterocycles. The van der Waals surface area contributed by atoms with Crippen molar-refractivity contribution in [3.05, 3.63) is 65.4 Å². The molecule has 3 rings (SSSR count). The van der Waals surface area contributed by atoms with Crippen LogP contribution < -0.4 is 4.74 Å². The first kappa shape index (κ1) is 17.1. The number of pyridine rings is 1. The van der Waals surface area contributed by atoms with Gasteiger partial charge in [0.05, 0.1) is 26.1 Å². The summed E-state index contributed by atoms with van der Waals surface area (Å²) in [5.74, 6) is 0.399. The number of rotatable bonds is 7. The average Bonchev–Trinajstić information content (AvgIpc) is 3.16. The van der Waals surface area contributed by atoms with Crippen molar-refractivity contribution in [3.8, 4) is 16.3 Å². The van der Waals surface area contributed by atoms with Crippen molar-refractivity contribution in [3.63, 3.8) is 0 Å². The molecule has 0 radical (unpaired) electrons. The van der Waals surface area contributed by atoms with Crippen LogP contribution in [0.3, 0.4) is 0 Å². The Balaban J connectivity index is 1.49. The number of aryl methyl sites for hydroxylation is 1. The van der Waals surface area contributed by atoms with Gasteiger partial charge in [0.15, 0.2) is 0 Å². The summed E-state index contributed by atoms with van der Waals surface area (Å²) in [7, 11) is 1.61. The molecular formula is C19H18N2O3S. The first-order valence-corrected chi connectivity index (χ1v) is 8.74. The molecule has 0 spiro atoms. The summed E-state index contributed by atoms with van der Waals surface area (Å²) in [5.41, 5.74) is 2.05. The lowest BCUT2D eigenvalue weighted by molar-refractivity contribution is 0.0506. The molecule has 0 N–H and O–H groups in total. The van der Waals surface area contributed by atoms with Gasteiger partial charge in [-0.2, -0.15) is 0 Å². The Kier molecular flexibility index (Phi) is 5.74. The Hall–Kier alpha value is -2.73. The molecule has 1 aromatic carbocycles. The number of esters is 1. The fourth-order valence-electron chi connectivity index (χ4n) is 2.31. The SMILES string of the molecule is COc1cncc(CCCOC(=O)c2cnc(-c3ccccc3)s2)c1. The van der Waals surface area contributed by atoms with Crippen LogP contribution in [0.15, 0.2) is 55.0 Å². The number of benzene rings is 1. The molecule has 0 atom stereocenters. The van der Waals surface area contributed by atoms with Crippen LogP contribution in [0, 0.1) is 0 Å². The monoisotopic (exact) mass is 354 g/mol. The summed E-state index contributed by atoms with van der Waals surface area (Å²) in [6.07, 6.45) is 6.53. The van der Waals surface area contributed by atoms with Gasteiger partial charge in [0, 0.05) is 11.8 Å². The zero-order valence-electron chi connectivity index (χ0n) is 13.8. The van der Waals surface area contributed by atoms with Gasteiger partial charge in [-0.05, 0) is 24.5 Å². The molecule has 3 aromatic rings. The molecule has 0 aliphatic carbocycles. The van der Waals surface area contributed by atoms with E-state index in [9.17, 15) is 4.79 Å². The predicted molar refractivity (Wildman–Crippen MR) is 96.9 cm³/mol. The van der Waals surface area contributed by atoms with Gasteiger partial charge in [-0.3, -0.25) is 4.98 Å². The van der Waals surface area contributed by atoms with Crippen molar-refractivity contribution in [2.75, 3.05) is 13.7 Å². The Labute approximate surface area is 150 Å². The lowest BCUT2D eigenvalue weighted by atomic mass is 10.1. The summed E-state index contributed by atoms with van der Waals surface area (Å²) in [6, 6.07) is 11.7. The highest BCUT2D eigenvalue weighted by molar-refractivity contribution is 7.16. The number of carbonyl (C=O) groups excluding carboxylic acids is 1. The van der Waals surface area contributed by atoms with E-state index in [-0.39, 0.29) is 5.97 Å². The molecule has 6 heteroatoms. The fraction of sp³-hybridized carbons (Fsp3) is 0.211. The smallest absolute Gasteiger partial charge is 0.349 e. The molecule has 0 saturated carbocycles. The largest absolute Gasteiger partial charge is 0.495 e. The second kappa shape index (κ2) is 8.39. The third-order valence-corrected chi connectivity index (χ3v) is 4.60. The lowest BCUT2D eigenvalue weighted by Crippen LogP contribution is -2.05. The van der Waals surface area contributed by atoms with Gasteiger partial charge in [0.25, 0.3) is 0 Å². The molecule has 5 nitrogen and oxygen atoms in total. The van der Waals surface area contributed by atoms with Crippen LogP contribution in [-0.4, -0.2) is 29.7 Å². The maximum atomic E-state index is 12.1. The van der Waals surface area contributed by atoms with Crippen LogP contribution in [-0.2, 0) is 11.2 Å². The zero-order chi connectivity index (χ0) is 17.5. The van der Waals surface area contributed by atoms with Crippen molar-refractivity contribution in [2.45, 2.75) is 12.8 Å². The Morgan fingerprint density at radius 2 is 2.00 bits per heavy atom. The van der Waals surface area contributed by atoms with Gasteiger partial charge in [0.2, 0.25) is 0 Å². The van der Waals surface area contributed by atoms with E-state index in [2.05, 4.69) is 9.97 Å². The van der Waals surface area contributed by atoms with Crippen molar-refractivity contribution >= 4 is 17.3 Å². The number of nitrogens with zero attached hydrogens (tertiary/aromatic N) is 2. The quantitative estimate of drug-likeness (QED) is 0.474. The second-order valence-electron chi connectivity index (χ2n) is 5.37. The minimum Gasteiger partial charge on any atom is -0.495 e. The zero-order valence-corrected chi connectivity index (χ0v) is 14.7. The average molecular weight is 354 g/mol. The normalized spacial score (nSPS) is 10.4. The topological polar surface area (TPSA) is 61.3 Å². The maximum absolute atomic E-state index is 12.1. The first-order chi connectivity index (χ1) is 12.3. The van der Waals surface area contributed by atoms with E-state index in [0.29, 0.717) is 11.5 Å². The van der Waals surface area contributed by atoms with E-state index in [1.54, 1.807) is 25.7 Å². The summed E-state index contributed by atoms with van der Waals surface area (Å²) in [4.78, 5) is 21.0. The van der Waals surface area contributed by atoms with Crippen molar-refractivity contribution < 1.29 is 14.3 Å². The van der Waals surface area contributed by atoms with E-state index in [4.69, 9.17) is 9.47 Å². The molecular weight excluding hydrogens is 336 g/mol. The van der Waals surface area contributed by atoms with E-state index in [1.807, 2.05) is 36.4 Å². The number of hydrogen-bond acceptors (Lipinski definition) is 6.